The van der Waals surface area contributed by atoms with Gasteiger partial charge in [0, 0.05) is 54.1 Å². The Hall–Kier alpha value is -5.68. The Morgan fingerprint density at radius 2 is 0.757 bits per heavy atom. The zero-order chi connectivity index (χ0) is 51.1. The minimum absolute atomic E-state index is 0. The van der Waals surface area contributed by atoms with Crippen LogP contribution in [0.1, 0.15) is 106 Å². The molecule has 12 heterocycles. The molecule has 0 saturated carbocycles. The number of aromatic amines is 3. The van der Waals surface area contributed by atoms with Gasteiger partial charge >= 0.3 is 25.9 Å². The van der Waals surface area contributed by atoms with Crippen molar-refractivity contribution >= 4 is 71.0 Å². The zero-order valence-corrected chi connectivity index (χ0v) is 44.9. The fraction of sp³-hybridized carbons (Fsp3) is 0.526. The maximum Gasteiger partial charge on any atom is 0.481 e. The number of H-pyrrole nitrogens is 3. The number of carbonyl (C=O) groups excluding carboxylic acids is 3. The lowest BCUT2D eigenvalue weighted by molar-refractivity contribution is -0.839. The number of aryl methyl sites for hydroxylation is 3. The molecule has 6 bridgehead atoms. The Bertz CT molecular complexity index is 2840. The molecule has 3 aromatic carbocycles. The van der Waals surface area contributed by atoms with E-state index in [9.17, 15) is 14.4 Å². The van der Waals surface area contributed by atoms with Gasteiger partial charge in [-0.25, -0.2) is 14.4 Å². The number of ether oxygens (including phenoxy) is 6. The third-order valence-electron chi connectivity index (χ3n) is 17.8. The van der Waals surface area contributed by atoms with Crippen LogP contribution in [0.25, 0.3) is 32.7 Å². The summed E-state index contributed by atoms with van der Waals surface area (Å²) in [5.41, 5.74) is 7.87. The molecule has 0 aliphatic carbocycles. The molecule has 15 rings (SSSR count). The first kappa shape index (κ1) is 53.2. The van der Waals surface area contributed by atoms with E-state index in [-0.39, 0.29) is 46.6 Å². The summed E-state index contributed by atoms with van der Waals surface area (Å²) in [5, 5.41) is 2.44. The van der Waals surface area contributed by atoms with Gasteiger partial charge in [-0.15, -0.1) is 12.4 Å². The van der Waals surface area contributed by atoms with Gasteiger partial charge in [0.05, 0.1) is 110 Å². The summed E-state index contributed by atoms with van der Waals surface area (Å²) in [6.07, 6.45) is 15.1. The van der Waals surface area contributed by atoms with E-state index in [2.05, 4.69) is 24.8 Å². The third-order valence-corrected chi connectivity index (χ3v) is 17.8. The Balaban J connectivity index is 0.000000135. The number of nitrogens with one attached hydrogen (secondary N) is 3. The van der Waals surface area contributed by atoms with Crippen LogP contribution in [0, 0.1) is 37.0 Å². The number of rotatable bonds is 12. The summed E-state index contributed by atoms with van der Waals surface area (Å²) in [6.45, 7) is 17.2. The van der Waals surface area contributed by atoms with Gasteiger partial charge < -0.3 is 57.6 Å². The predicted octanol–water partition coefficient (Wildman–Crippen LogP) is 9.40. The molecule has 9 saturated heterocycles. The van der Waals surface area contributed by atoms with E-state index >= 15 is 0 Å². The van der Waals surface area contributed by atoms with Gasteiger partial charge in [0.1, 0.15) is 17.2 Å². The van der Waals surface area contributed by atoms with Crippen molar-refractivity contribution in [2.24, 2.45) is 16.2 Å². The largest absolute Gasteiger partial charge is 0.496 e. The minimum atomic E-state index is -0.283. The van der Waals surface area contributed by atoms with Crippen LogP contribution in [0.5, 0.6) is 17.2 Å². The summed E-state index contributed by atoms with van der Waals surface area (Å²) in [6, 6.07) is 11.9. The van der Waals surface area contributed by atoms with Crippen molar-refractivity contribution in [3.05, 3.63) is 88.4 Å². The molecule has 394 valence electrons. The summed E-state index contributed by atoms with van der Waals surface area (Å²) in [4.78, 5) is 52.6. The molecule has 6 aromatic rings. The highest BCUT2D eigenvalue weighted by Crippen LogP contribution is 2.45. The van der Waals surface area contributed by atoms with E-state index in [0.717, 1.165) is 183 Å². The number of hydrogen-bond donors (Lipinski definition) is 3. The fourth-order valence-electron chi connectivity index (χ4n) is 12.6. The van der Waals surface area contributed by atoms with Crippen molar-refractivity contribution in [3.63, 3.8) is 0 Å². The second kappa shape index (κ2) is 21.5. The van der Waals surface area contributed by atoms with Crippen molar-refractivity contribution in [1.29, 1.82) is 0 Å². The smallest absolute Gasteiger partial charge is 0.481 e. The first-order valence-corrected chi connectivity index (χ1v) is 26.2. The summed E-state index contributed by atoms with van der Waals surface area (Å²) < 4.78 is 34.5. The Morgan fingerprint density at radius 1 is 0.486 bits per heavy atom. The molecule has 9 fully saturated rings. The second-order valence-corrected chi connectivity index (χ2v) is 22.2. The van der Waals surface area contributed by atoms with E-state index in [1.807, 2.05) is 57.2 Å². The van der Waals surface area contributed by atoms with Gasteiger partial charge in [-0.05, 0) is 133 Å². The quantitative estimate of drug-likeness (QED) is 0.0609. The number of esters is 3. The third kappa shape index (κ3) is 10.4. The molecule has 17 heteroatoms. The SMILES string of the molecule is COc1c(C)ccc2[nH]cc(C(=O)OCC34CCN(CC3)CC4)c12.COc1c(C)ccc2[nH]cc(C(=O)OCC34CCN(CC3)CC4)c12.Cl.[B][N+]12CCC(COC(=O)c3c[nH]c4ccc(C)c(OC)c34)(CC1)CC2. The van der Waals surface area contributed by atoms with Gasteiger partial charge in [-0.2, -0.15) is 0 Å². The highest BCUT2D eigenvalue weighted by molar-refractivity contribution is 6.09. The number of carbonyl (C=O) groups is 3. The maximum absolute atomic E-state index is 12.7. The molecular formula is C57H73BClN6O9+. The predicted molar refractivity (Wildman–Crippen MR) is 289 cm³/mol. The van der Waals surface area contributed by atoms with E-state index in [0.29, 0.717) is 40.9 Å². The highest BCUT2D eigenvalue weighted by Gasteiger charge is 2.48. The molecule has 3 aromatic heterocycles. The number of nitrogens with zero attached hydrogens (tertiary/aromatic N) is 3. The van der Waals surface area contributed by atoms with Crippen LogP contribution >= 0.6 is 12.4 Å². The van der Waals surface area contributed by atoms with Crippen LogP contribution in [0.3, 0.4) is 0 Å². The molecule has 0 atom stereocenters. The molecule has 0 amide bonds. The lowest BCUT2D eigenvalue weighted by atomic mass is 9.70. The minimum Gasteiger partial charge on any atom is -0.496 e. The Kier molecular flexibility index (Phi) is 15.5. The van der Waals surface area contributed by atoms with Crippen LogP contribution in [0.2, 0.25) is 0 Å². The topological polar surface area (TPSA) is 160 Å². The standard InChI is InChI=1S/C19H24BN2O3.2C19H24N2O3.ClH/c1-13-3-4-15-16(17(13)24-2)14(11-21-15)18(23)25-12-19-5-8-22(20,9-6-19)10-7-19;2*1-13-3-4-15-16(17(13)23-2)14(11-20-15)18(22)24-12-19-5-8-21(9-6-19)10-7-19;/h3-4,11,21H,5-10,12H2,1-2H3;2*3-4,11,20H,5-10,12H2,1-2H3;1H/q+1;;;. The van der Waals surface area contributed by atoms with Crippen LogP contribution in [0.4, 0.5) is 0 Å². The van der Waals surface area contributed by atoms with Crippen LogP contribution in [-0.2, 0) is 14.2 Å². The molecule has 0 spiro atoms. The number of halogens is 1. The molecule has 2 radical (unpaired) electrons. The number of methoxy groups -OCH3 is 3. The maximum atomic E-state index is 12.7. The second-order valence-electron chi connectivity index (χ2n) is 22.2. The van der Waals surface area contributed by atoms with E-state index in [4.69, 9.17) is 36.4 Å². The van der Waals surface area contributed by atoms with E-state index in [1.54, 1.807) is 39.9 Å². The van der Waals surface area contributed by atoms with Gasteiger partial charge in [0.25, 0.3) is 0 Å². The van der Waals surface area contributed by atoms with Gasteiger partial charge in [0.2, 0.25) is 0 Å². The lowest BCUT2D eigenvalue weighted by Gasteiger charge is -2.53. The zero-order valence-electron chi connectivity index (χ0n) is 44.0. The number of piperidine rings is 9. The van der Waals surface area contributed by atoms with Crippen molar-refractivity contribution in [2.75, 3.05) is 100 Å². The summed E-state index contributed by atoms with van der Waals surface area (Å²) >= 11 is 0. The average molecular weight is 1030 g/mol. The van der Waals surface area contributed by atoms with Gasteiger partial charge in [-0.1, -0.05) is 18.2 Å². The van der Waals surface area contributed by atoms with Crippen molar-refractivity contribution in [1.82, 2.24) is 24.8 Å². The number of quaternary nitrogens is 1. The monoisotopic (exact) mass is 1030 g/mol. The molecule has 9 aliphatic heterocycles. The fourth-order valence-corrected chi connectivity index (χ4v) is 12.6. The van der Waals surface area contributed by atoms with Crippen LogP contribution in [-0.4, -0.2) is 155 Å². The lowest BCUT2D eigenvalue weighted by Crippen LogP contribution is -2.61. The normalized spacial score (nSPS) is 26.3. The molecule has 3 N–H and O–H groups in total. The molecule has 9 aliphatic rings. The summed E-state index contributed by atoms with van der Waals surface area (Å²) in [5.74, 6) is 1.41. The molecule has 74 heavy (non-hydrogen) atoms. The number of aromatic nitrogens is 3. The highest BCUT2D eigenvalue weighted by atomic mass is 35.5. The molecular weight excluding hydrogens is 959 g/mol. The number of fused-ring (bicyclic) bond motifs is 12. The van der Waals surface area contributed by atoms with E-state index in [1.165, 1.54) is 0 Å². The van der Waals surface area contributed by atoms with Crippen molar-refractivity contribution < 1.29 is 47.2 Å². The van der Waals surface area contributed by atoms with Crippen molar-refractivity contribution in [3.8, 4) is 17.2 Å². The number of hydrogen-bond acceptors (Lipinski definition) is 11. The van der Waals surface area contributed by atoms with Gasteiger partial charge in [0.15, 0.2) is 0 Å². The average Bonchev–Trinajstić information content (AvgIpc) is 4.19. The first-order valence-electron chi connectivity index (χ1n) is 26.2. The Labute approximate surface area is 441 Å². The van der Waals surface area contributed by atoms with Gasteiger partial charge in [-0.3, -0.25) is 0 Å². The van der Waals surface area contributed by atoms with E-state index < -0.39 is 0 Å². The van der Waals surface area contributed by atoms with Crippen LogP contribution < -0.4 is 14.2 Å². The molecule has 0 unspecified atom stereocenters. The van der Waals surface area contributed by atoms with Crippen LogP contribution in [0.15, 0.2) is 55.0 Å². The Morgan fingerprint density at radius 3 is 1.03 bits per heavy atom. The molecule has 15 nitrogen and oxygen atoms in total. The summed E-state index contributed by atoms with van der Waals surface area (Å²) in [7, 11) is 11.2. The number of benzene rings is 3. The first-order chi connectivity index (χ1) is 35.2. The van der Waals surface area contributed by atoms with Crippen molar-refractivity contribution in [2.45, 2.75) is 78.6 Å².